The first-order valence-electron chi connectivity index (χ1n) is 7.52. The number of aromatic nitrogens is 4. The summed E-state index contributed by atoms with van der Waals surface area (Å²) < 4.78 is 1.65. The molecule has 0 saturated carbocycles. The van der Waals surface area contributed by atoms with Crippen LogP contribution in [0.25, 0.3) is 16.5 Å². The molecule has 1 aliphatic carbocycles. The maximum Gasteiger partial charge on any atom is 4.00 e. The number of allylic oxidation sites excluding steroid dienone is 4. The van der Waals surface area contributed by atoms with Crippen molar-refractivity contribution in [3.05, 3.63) is 66.5 Å². The zero-order chi connectivity index (χ0) is 15.2. The van der Waals surface area contributed by atoms with Crippen LogP contribution < -0.4 is 24.8 Å². The van der Waals surface area contributed by atoms with E-state index in [4.69, 9.17) is 0 Å². The monoisotopic (exact) mass is 450 g/mol. The van der Waals surface area contributed by atoms with Gasteiger partial charge < -0.3 is 24.8 Å². The van der Waals surface area contributed by atoms with Gasteiger partial charge in [0.15, 0.2) is 0 Å². The number of nitrogens with zero attached hydrogens (tertiary/aromatic N) is 4. The minimum absolute atomic E-state index is 0. The average molecular weight is 453 g/mol. The maximum atomic E-state index is 3.84. The van der Waals surface area contributed by atoms with Gasteiger partial charge >= 0.3 is 26.2 Å². The molecule has 0 fully saturated rings. The van der Waals surface area contributed by atoms with Crippen LogP contribution in [0, 0.1) is 6.08 Å². The molecule has 0 spiro atoms. The Labute approximate surface area is 179 Å². The first kappa shape index (κ1) is 23.8. The Hall–Kier alpha value is -1.16. The van der Waals surface area contributed by atoms with E-state index in [0.29, 0.717) is 0 Å². The summed E-state index contributed by atoms with van der Waals surface area (Å²) in [5, 5.41) is 13.5. The maximum absolute atomic E-state index is 3.84. The molecule has 0 radical (unpaired) electrons. The Balaban J connectivity index is 0.000000462. The molecule has 4 rings (SSSR count). The minimum atomic E-state index is 0. The van der Waals surface area contributed by atoms with E-state index in [9.17, 15) is 0 Å². The fourth-order valence-corrected chi connectivity index (χ4v) is 2.44. The second-order valence-electron chi connectivity index (χ2n) is 5.16. The average Bonchev–Trinajstić information content (AvgIpc) is 3.29. The molecule has 2 aromatic carbocycles. The number of halogens is 2. The molecule has 1 aromatic heterocycles. The van der Waals surface area contributed by atoms with Crippen molar-refractivity contribution < 1.29 is 51.0 Å². The van der Waals surface area contributed by atoms with Crippen LogP contribution in [0.4, 0.5) is 0 Å². The van der Waals surface area contributed by atoms with Gasteiger partial charge in [0.25, 0.3) is 0 Å². The van der Waals surface area contributed by atoms with E-state index >= 15 is 0 Å². The molecule has 1 heterocycles. The van der Waals surface area contributed by atoms with Gasteiger partial charge in [-0.2, -0.15) is 6.08 Å². The van der Waals surface area contributed by atoms with Crippen LogP contribution >= 0.6 is 0 Å². The van der Waals surface area contributed by atoms with E-state index in [0.717, 1.165) is 12.1 Å². The third kappa shape index (κ3) is 6.58. The van der Waals surface area contributed by atoms with Gasteiger partial charge in [0.2, 0.25) is 0 Å². The largest absolute Gasteiger partial charge is 4.00 e. The predicted octanol–water partition coefficient (Wildman–Crippen LogP) is -1.98. The summed E-state index contributed by atoms with van der Waals surface area (Å²) in [5.41, 5.74) is 2.39. The van der Waals surface area contributed by atoms with Crippen LogP contribution in [0.2, 0.25) is 0 Å². The molecular formula is C18H18Cl2N4Zr. The van der Waals surface area contributed by atoms with Gasteiger partial charge in [-0.3, -0.25) is 6.08 Å². The Morgan fingerprint density at radius 1 is 1.24 bits per heavy atom. The molecular weight excluding hydrogens is 434 g/mol. The molecule has 1 aliphatic rings. The molecule has 4 nitrogen and oxygen atoms in total. The normalized spacial score (nSPS) is 11.5. The summed E-state index contributed by atoms with van der Waals surface area (Å²) >= 11 is 0. The Morgan fingerprint density at radius 3 is 2.64 bits per heavy atom. The molecule has 0 bridgehead atoms. The third-order valence-electron chi connectivity index (χ3n) is 3.50. The molecule has 7 heteroatoms. The van der Waals surface area contributed by atoms with Crippen molar-refractivity contribution in [2.75, 3.05) is 0 Å². The van der Waals surface area contributed by atoms with Crippen LogP contribution in [0.3, 0.4) is 0 Å². The number of hydrogen-bond acceptors (Lipinski definition) is 3. The van der Waals surface area contributed by atoms with Gasteiger partial charge in [-0.05, 0) is 16.1 Å². The molecule has 0 saturated heterocycles. The first-order valence-corrected chi connectivity index (χ1v) is 7.52. The second kappa shape index (κ2) is 12.2. The molecule has 0 N–H and O–H groups in total. The summed E-state index contributed by atoms with van der Waals surface area (Å²) in [6.45, 7) is 2.20. The Bertz CT molecular complexity index is 761. The van der Waals surface area contributed by atoms with Crippen molar-refractivity contribution in [2.45, 2.75) is 26.2 Å². The van der Waals surface area contributed by atoms with Crippen LogP contribution in [0.15, 0.2) is 60.5 Å². The summed E-state index contributed by atoms with van der Waals surface area (Å²) in [5.74, 6) is 0. The number of tetrazole rings is 1. The SMILES string of the molecule is CCCC1=[C-]CC=C1.[Cl-].[Cl-].[Zr+4].c1ccc2[cH-]c(-n3cnnn3)cc2c1. The van der Waals surface area contributed by atoms with Crippen LogP contribution in [0.5, 0.6) is 0 Å². The standard InChI is InChI=1S/C10H7N4.C8H11.2ClH.Zr/c1-2-4-9-6-10(5-8(9)3-1)14-7-11-12-13-14;1-2-5-8-6-3-4-7-8;;;/h1-7H;3,6H,2,4-5H2,1H3;2*1H;/q2*-1;;;+4/p-2. The molecule has 0 aliphatic heterocycles. The van der Waals surface area contributed by atoms with Crippen molar-refractivity contribution >= 4 is 10.8 Å². The van der Waals surface area contributed by atoms with E-state index < -0.39 is 0 Å². The van der Waals surface area contributed by atoms with Crippen LogP contribution in [0.1, 0.15) is 26.2 Å². The number of hydrogen-bond donors (Lipinski definition) is 0. The number of benzene rings is 1. The van der Waals surface area contributed by atoms with Crippen molar-refractivity contribution in [2.24, 2.45) is 0 Å². The van der Waals surface area contributed by atoms with Gasteiger partial charge in [0.05, 0.1) is 0 Å². The van der Waals surface area contributed by atoms with Crippen molar-refractivity contribution in [1.29, 1.82) is 0 Å². The smallest absolute Gasteiger partial charge is 1.00 e. The molecule has 0 unspecified atom stereocenters. The van der Waals surface area contributed by atoms with Crippen LogP contribution in [-0.4, -0.2) is 20.2 Å². The van der Waals surface area contributed by atoms with E-state index in [1.54, 1.807) is 11.0 Å². The number of rotatable bonds is 3. The quantitative estimate of drug-likeness (QED) is 0.433. The first-order chi connectivity index (χ1) is 10.9. The van der Waals surface area contributed by atoms with Crippen molar-refractivity contribution in [3.63, 3.8) is 0 Å². The van der Waals surface area contributed by atoms with Gasteiger partial charge in [0.1, 0.15) is 6.33 Å². The molecule has 0 atom stereocenters. The zero-order valence-electron chi connectivity index (χ0n) is 13.9. The Morgan fingerprint density at radius 2 is 2.04 bits per heavy atom. The third-order valence-corrected chi connectivity index (χ3v) is 3.50. The summed E-state index contributed by atoms with van der Waals surface area (Å²) in [7, 11) is 0. The summed E-state index contributed by atoms with van der Waals surface area (Å²) in [6, 6.07) is 12.3. The summed E-state index contributed by atoms with van der Waals surface area (Å²) in [4.78, 5) is 0. The van der Waals surface area contributed by atoms with E-state index in [2.05, 4.69) is 64.9 Å². The van der Waals surface area contributed by atoms with E-state index in [1.165, 1.54) is 29.2 Å². The fraction of sp³-hybridized carbons (Fsp3) is 0.222. The minimum Gasteiger partial charge on any atom is -1.00 e. The van der Waals surface area contributed by atoms with Crippen molar-refractivity contribution in [1.82, 2.24) is 20.2 Å². The van der Waals surface area contributed by atoms with Crippen LogP contribution in [-0.2, 0) is 26.2 Å². The van der Waals surface area contributed by atoms with E-state index in [-0.39, 0.29) is 51.0 Å². The second-order valence-corrected chi connectivity index (χ2v) is 5.16. The molecule has 25 heavy (non-hydrogen) atoms. The summed E-state index contributed by atoms with van der Waals surface area (Å²) in [6.07, 6.45) is 12.7. The van der Waals surface area contributed by atoms with Gasteiger partial charge in [0, 0.05) is 0 Å². The molecule has 128 valence electrons. The molecule has 0 amide bonds. The van der Waals surface area contributed by atoms with Gasteiger partial charge in [-0.1, -0.05) is 25.8 Å². The Kier molecular flexibility index (Phi) is 11.7. The topological polar surface area (TPSA) is 43.6 Å². The number of fused-ring (bicyclic) bond motifs is 1. The zero-order valence-corrected chi connectivity index (χ0v) is 17.8. The van der Waals surface area contributed by atoms with Gasteiger partial charge in [-0.25, -0.2) is 16.3 Å². The molecule has 3 aromatic rings. The van der Waals surface area contributed by atoms with Gasteiger partial charge in [-0.15, -0.1) is 52.6 Å². The fourth-order valence-electron chi connectivity index (χ4n) is 2.44. The predicted molar refractivity (Wildman–Crippen MR) is 87.7 cm³/mol. The van der Waals surface area contributed by atoms with Crippen molar-refractivity contribution in [3.8, 4) is 5.69 Å². The van der Waals surface area contributed by atoms with E-state index in [1.807, 2.05) is 12.1 Å².